The number of rotatable bonds is 6. The molecular formula is C20H28N4O2. The number of aliphatic hydroxyl groups is 1. The smallest absolute Gasteiger partial charge is 0.296 e. The molecule has 3 aliphatic rings. The Morgan fingerprint density at radius 3 is 2.85 bits per heavy atom. The highest BCUT2D eigenvalue weighted by molar-refractivity contribution is 5.93. The van der Waals surface area contributed by atoms with Crippen molar-refractivity contribution in [3.63, 3.8) is 0 Å². The number of hydrogen-bond acceptors (Lipinski definition) is 4. The van der Waals surface area contributed by atoms with Crippen LogP contribution >= 0.6 is 0 Å². The second-order valence-electron chi connectivity index (χ2n) is 8.43. The highest BCUT2D eigenvalue weighted by Gasteiger charge is 2.37. The molecule has 1 heterocycles. The second kappa shape index (κ2) is 7.40. The van der Waals surface area contributed by atoms with Crippen molar-refractivity contribution in [2.45, 2.75) is 70.4 Å². The first-order valence-electron chi connectivity index (χ1n) is 9.98. The molecule has 6 heteroatoms. The summed E-state index contributed by atoms with van der Waals surface area (Å²) in [7, 11) is 0. The third-order valence-corrected chi connectivity index (χ3v) is 6.26. The topological polar surface area (TPSA) is 80.0 Å². The maximum atomic E-state index is 12.0. The van der Waals surface area contributed by atoms with Crippen LogP contribution in [-0.4, -0.2) is 38.7 Å². The van der Waals surface area contributed by atoms with Crippen LogP contribution in [0.1, 0.15) is 57.1 Å². The molecule has 6 nitrogen and oxygen atoms in total. The Labute approximate surface area is 154 Å². The van der Waals surface area contributed by atoms with Gasteiger partial charge >= 0.3 is 0 Å². The van der Waals surface area contributed by atoms with Gasteiger partial charge < -0.3 is 10.4 Å². The van der Waals surface area contributed by atoms with Crippen LogP contribution in [0.2, 0.25) is 0 Å². The van der Waals surface area contributed by atoms with Crippen molar-refractivity contribution in [3.05, 3.63) is 11.9 Å². The van der Waals surface area contributed by atoms with E-state index in [1.807, 2.05) is 10.9 Å². The molecule has 3 fully saturated rings. The monoisotopic (exact) mass is 356 g/mol. The predicted octanol–water partition coefficient (Wildman–Crippen LogP) is 1.68. The molecule has 0 spiro atoms. The lowest BCUT2D eigenvalue weighted by molar-refractivity contribution is -0.116. The molecule has 2 atom stereocenters. The van der Waals surface area contributed by atoms with Gasteiger partial charge in [-0.05, 0) is 55.8 Å². The van der Waals surface area contributed by atoms with E-state index in [2.05, 4.69) is 27.5 Å². The summed E-state index contributed by atoms with van der Waals surface area (Å²) in [5, 5.41) is 21.3. The Hall–Kier alpha value is -1.87. The number of carbonyl (C=O) groups excluding carboxylic acids is 1. The lowest BCUT2D eigenvalue weighted by atomic mass is 9.67. The molecule has 1 aromatic heterocycles. The Kier molecular flexibility index (Phi) is 4.99. The quantitative estimate of drug-likeness (QED) is 0.760. The van der Waals surface area contributed by atoms with E-state index in [-0.39, 0.29) is 24.0 Å². The van der Waals surface area contributed by atoms with Gasteiger partial charge in [0, 0.05) is 37.7 Å². The molecule has 0 saturated heterocycles. The van der Waals surface area contributed by atoms with Gasteiger partial charge in [-0.25, -0.2) is 0 Å². The predicted molar refractivity (Wildman–Crippen MR) is 96.9 cm³/mol. The fraction of sp³-hybridized carbons (Fsp3) is 0.750. The molecule has 3 aliphatic carbocycles. The SMILES string of the molecule is O=C(C#CC1CC1)N[C@H]1CCC[C@H]1Cn1cc(CC2(CO)CCC2)nn1. The molecular weight excluding hydrogens is 328 g/mol. The van der Waals surface area contributed by atoms with E-state index >= 15 is 0 Å². The normalized spacial score (nSPS) is 26.7. The summed E-state index contributed by atoms with van der Waals surface area (Å²) < 4.78 is 1.91. The lowest BCUT2D eigenvalue weighted by Gasteiger charge is -2.39. The first-order chi connectivity index (χ1) is 12.7. The molecule has 1 amide bonds. The van der Waals surface area contributed by atoms with E-state index in [4.69, 9.17) is 0 Å². The van der Waals surface area contributed by atoms with E-state index in [1.165, 1.54) is 6.42 Å². The molecule has 2 N–H and O–H groups in total. The maximum absolute atomic E-state index is 12.0. The van der Waals surface area contributed by atoms with Gasteiger partial charge in [0.15, 0.2) is 0 Å². The van der Waals surface area contributed by atoms with Gasteiger partial charge in [-0.2, -0.15) is 0 Å². The molecule has 0 bridgehead atoms. The van der Waals surface area contributed by atoms with Crippen molar-refractivity contribution in [1.82, 2.24) is 20.3 Å². The third-order valence-electron chi connectivity index (χ3n) is 6.26. The van der Waals surface area contributed by atoms with Gasteiger partial charge in [-0.1, -0.05) is 24.0 Å². The highest BCUT2D eigenvalue weighted by Crippen LogP contribution is 2.42. The van der Waals surface area contributed by atoms with Gasteiger partial charge in [0.25, 0.3) is 5.91 Å². The van der Waals surface area contributed by atoms with Crippen molar-refractivity contribution in [1.29, 1.82) is 0 Å². The molecule has 0 aromatic carbocycles. The van der Waals surface area contributed by atoms with Crippen molar-refractivity contribution < 1.29 is 9.90 Å². The molecule has 4 rings (SSSR count). The zero-order chi connectivity index (χ0) is 18.0. The third kappa shape index (κ3) is 4.09. The first kappa shape index (κ1) is 17.5. The van der Waals surface area contributed by atoms with Crippen LogP contribution in [0.4, 0.5) is 0 Å². The van der Waals surface area contributed by atoms with Crippen LogP contribution in [-0.2, 0) is 17.8 Å². The summed E-state index contributed by atoms with van der Waals surface area (Å²) in [5.74, 6) is 6.47. The van der Waals surface area contributed by atoms with E-state index in [1.54, 1.807) is 0 Å². The number of aliphatic hydroxyl groups excluding tert-OH is 1. The summed E-state index contributed by atoms with van der Waals surface area (Å²) in [6.07, 6.45) is 11.7. The van der Waals surface area contributed by atoms with Gasteiger partial charge in [0.1, 0.15) is 0 Å². The van der Waals surface area contributed by atoms with Crippen LogP contribution in [0.25, 0.3) is 0 Å². The van der Waals surface area contributed by atoms with Crippen molar-refractivity contribution in [3.8, 4) is 11.8 Å². The van der Waals surface area contributed by atoms with Gasteiger partial charge in [-0.3, -0.25) is 9.48 Å². The Morgan fingerprint density at radius 2 is 2.15 bits per heavy atom. The summed E-state index contributed by atoms with van der Waals surface area (Å²) >= 11 is 0. The number of nitrogens with zero attached hydrogens (tertiary/aromatic N) is 3. The van der Waals surface area contributed by atoms with E-state index in [0.717, 1.165) is 63.6 Å². The number of hydrogen-bond donors (Lipinski definition) is 2. The largest absolute Gasteiger partial charge is 0.396 e. The van der Waals surface area contributed by atoms with E-state index in [0.29, 0.717) is 11.8 Å². The molecule has 0 unspecified atom stereocenters. The Bertz CT molecular complexity index is 703. The van der Waals surface area contributed by atoms with Crippen LogP contribution in [0, 0.1) is 29.1 Å². The van der Waals surface area contributed by atoms with Gasteiger partial charge in [0.05, 0.1) is 5.69 Å². The molecule has 1 aromatic rings. The van der Waals surface area contributed by atoms with Crippen molar-refractivity contribution in [2.24, 2.45) is 17.3 Å². The molecule has 26 heavy (non-hydrogen) atoms. The molecule has 0 radical (unpaired) electrons. The summed E-state index contributed by atoms with van der Waals surface area (Å²) in [4.78, 5) is 12.0. The second-order valence-corrected chi connectivity index (χ2v) is 8.43. The van der Waals surface area contributed by atoms with E-state index in [9.17, 15) is 9.90 Å². The van der Waals surface area contributed by atoms with Crippen LogP contribution in [0.5, 0.6) is 0 Å². The average Bonchev–Trinajstić information content (AvgIpc) is 3.18. The van der Waals surface area contributed by atoms with Crippen molar-refractivity contribution in [2.75, 3.05) is 6.61 Å². The summed E-state index contributed by atoms with van der Waals surface area (Å²) in [6.45, 7) is 1.01. The van der Waals surface area contributed by atoms with Crippen molar-refractivity contribution >= 4 is 5.91 Å². The minimum Gasteiger partial charge on any atom is -0.396 e. The van der Waals surface area contributed by atoms with Crippen LogP contribution in [0.15, 0.2) is 6.20 Å². The maximum Gasteiger partial charge on any atom is 0.296 e. The fourth-order valence-corrected chi connectivity index (χ4v) is 4.25. The Morgan fingerprint density at radius 1 is 1.31 bits per heavy atom. The number of aromatic nitrogens is 3. The molecule has 3 saturated carbocycles. The zero-order valence-electron chi connectivity index (χ0n) is 15.3. The number of carbonyl (C=O) groups is 1. The number of amides is 1. The van der Waals surface area contributed by atoms with E-state index < -0.39 is 0 Å². The van der Waals surface area contributed by atoms with Crippen LogP contribution in [0.3, 0.4) is 0 Å². The minimum atomic E-state index is -0.136. The van der Waals surface area contributed by atoms with Gasteiger partial charge in [0.2, 0.25) is 0 Å². The zero-order valence-corrected chi connectivity index (χ0v) is 15.3. The van der Waals surface area contributed by atoms with Crippen LogP contribution < -0.4 is 5.32 Å². The number of nitrogens with one attached hydrogen (secondary N) is 1. The average molecular weight is 356 g/mol. The fourth-order valence-electron chi connectivity index (χ4n) is 4.25. The summed E-state index contributed by atoms with van der Waals surface area (Å²) in [6, 6.07) is 0.180. The molecule has 140 valence electrons. The molecule has 0 aliphatic heterocycles. The Balaban J connectivity index is 1.31. The minimum absolute atomic E-state index is 0.0327. The first-order valence-corrected chi connectivity index (χ1v) is 9.98. The lowest BCUT2D eigenvalue weighted by Crippen LogP contribution is -2.38. The standard InChI is InChI=1S/C20H28N4O2/c25-14-20(9-2-10-20)11-17-13-24(23-22-17)12-16-3-1-4-18(16)21-19(26)8-7-15-5-6-15/h13,15-16,18,25H,1-6,9-12,14H2,(H,21,26)/t16-,18-/m0/s1. The van der Waals surface area contributed by atoms with Gasteiger partial charge in [-0.15, -0.1) is 5.10 Å². The summed E-state index contributed by atoms with van der Waals surface area (Å²) in [5.41, 5.74) is 0.998. The highest BCUT2D eigenvalue weighted by atomic mass is 16.3.